The maximum Gasteiger partial charge on any atom is 0.254 e. The van der Waals surface area contributed by atoms with E-state index in [9.17, 15) is 14.0 Å². The molecular weight excluding hydrogens is 455 g/mol. The van der Waals surface area contributed by atoms with E-state index in [4.69, 9.17) is 14.0 Å². The van der Waals surface area contributed by atoms with Crippen molar-refractivity contribution in [3.63, 3.8) is 0 Å². The third-order valence-electron chi connectivity index (χ3n) is 5.97. The fraction of sp³-hybridized carbons (Fsp3) is 0.360. The van der Waals surface area contributed by atoms with Gasteiger partial charge in [-0.25, -0.2) is 4.39 Å². The molecule has 1 aliphatic rings. The molecule has 1 aromatic heterocycles. The molecule has 1 fully saturated rings. The van der Waals surface area contributed by atoms with Crippen LogP contribution < -0.4 is 9.47 Å². The van der Waals surface area contributed by atoms with E-state index >= 15 is 0 Å². The van der Waals surface area contributed by atoms with Crippen LogP contribution in [0.5, 0.6) is 11.5 Å². The minimum atomic E-state index is -0.341. The highest BCUT2D eigenvalue weighted by Crippen LogP contribution is 2.24. The molecule has 0 N–H and O–H groups in total. The average molecular weight is 483 g/mol. The second-order valence-electron chi connectivity index (χ2n) is 8.25. The Morgan fingerprint density at radius 2 is 1.66 bits per heavy atom. The summed E-state index contributed by atoms with van der Waals surface area (Å²) in [4.78, 5) is 33.3. The van der Waals surface area contributed by atoms with Gasteiger partial charge in [-0.2, -0.15) is 4.98 Å². The Balaban J connectivity index is 1.29. The second kappa shape index (κ2) is 10.5. The molecule has 0 unspecified atom stereocenters. The van der Waals surface area contributed by atoms with Crippen molar-refractivity contribution in [1.29, 1.82) is 0 Å². The number of hydrogen-bond acceptors (Lipinski definition) is 7. The highest BCUT2D eigenvalue weighted by atomic mass is 19.1. The predicted octanol–water partition coefficient (Wildman–Crippen LogP) is 3.12. The lowest BCUT2D eigenvalue weighted by molar-refractivity contribution is -0.132. The highest BCUT2D eigenvalue weighted by molar-refractivity contribution is 5.95. The van der Waals surface area contributed by atoms with E-state index < -0.39 is 0 Å². The summed E-state index contributed by atoms with van der Waals surface area (Å²) in [6, 6.07) is 9.79. The zero-order chi connectivity index (χ0) is 24.9. The van der Waals surface area contributed by atoms with Gasteiger partial charge in [-0.05, 0) is 30.7 Å². The molecule has 0 radical (unpaired) electrons. The van der Waals surface area contributed by atoms with Gasteiger partial charge in [0.1, 0.15) is 17.3 Å². The van der Waals surface area contributed by atoms with Crippen molar-refractivity contribution in [3.8, 4) is 22.9 Å². The van der Waals surface area contributed by atoms with Crippen LogP contribution in [0.2, 0.25) is 0 Å². The fourth-order valence-corrected chi connectivity index (χ4v) is 3.85. The normalized spacial score (nSPS) is 13.6. The van der Waals surface area contributed by atoms with Crippen molar-refractivity contribution in [3.05, 3.63) is 59.2 Å². The van der Waals surface area contributed by atoms with E-state index in [1.54, 1.807) is 47.1 Å². The summed E-state index contributed by atoms with van der Waals surface area (Å²) >= 11 is 0. The molecule has 2 amide bonds. The molecule has 2 aromatic carbocycles. The molecular formula is C25H27FN4O5. The Kier molecular flexibility index (Phi) is 7.28. The van der Waals surface area contributed by atoms with Crippen molar-refractivity contribution < 1.29 is 28.0 Å². The van der Waals surface area contributed by atoms with Crippen LogP contribution in [0.25, 0.3) is 11.4 Å². The Morgan fingerprint density at radius 3 is 2.29 bits per heavy atom. The molecule has 0 atom stereocenters. The van der Waals surface area contributed by atoms with Gasteiger partial charge in [-0.1, -0.05) is 17.3 Å². The summed E-state index contributed by atoms with van der Waals surface area (Å²) in [7, 11) is 3.07. The molecule has 0 aliphatic carbocycles. The number of hydrogen-bond donors (Lipinski definition) is 0. The molecule has 1 saturated heterocycles. The first-order valence-corrected chi connectivity index (χ1v) is 11.3. The Bertz CT molecular complexity index is 1200. The molecule has 0 bridgehead atoms. The molecule has 184 valence electrons. The minimum absolute atomic E-state index is 0.0544. The zero-order valence-corrected chi connectivity index (χ0v) is 19.9. The van der Waals surface area contributed by atoms with Crippen LogP contribution in [0.3, 0.4) is 0 Å². The molecule has 35 heavy (non-hydrogen) atoms. The molecule has 2 heterocycles. The number of amides is 2. The Labute approximate surface area is 202 Å². The SMILES string of the molecule is COc1cc(OC)cc(C(=O)N2CCN(C(=O)CCc3nc(-c4ccc(C)c(F)c4)no3)CC2)c1. The zero-order valence-electron chi connectivity index (χ0n) is 19.9. The predicted molar refractivity (Wildman–Crippen MR) is 125 cm³/mol. The summed E-state index contributed by atoms with van der Waals surface area (Å²) in [5, 5.41) is 3.89. The molecule has 0 spiro atoms. The third kappa shape index (κ3) is 5.59. The van der Waals surface area contributed by atoms with Gasteiger partial charge in [-0.3, -0.25) is 9.59 Å². The van der Waals surface area contributed by atoms with Gasteiger partial charge in [0.15, 0.2) is 0 Å². The first kappa shape index (κ1) is 24.2. The number of piperazine rings is 1. The maximum atomic E-state index is 13.8. The molecule has 4 rings (SSSR count). The first-order chi connectivity index (χ1) is 16.9. The average Bonchev–Trinajstić information content (AvgIpc) is 3.37. The largest absolute Gasteiger partial charge is 0.497 e. The fourth-order valence-electron chi connectivity index (χ4n) is 3.85. The second-order valence-corrected chi connectivity index (χ2v) is 8.25. The van der Waals surface area contributed by atoms with Crippen LogP contribution in [0.15, 0.2) is 40.9 Å². The smallest absolute Gasteiger partial charge is 0.254 e. The lowest BCUT2D eigenvalue weighted by Gasteiger charge is -2.35. The van der Waals surface area contributed by atoms with Crippen molar-refractivity contribution in [2.75, 3.05) is 40.4 Å². The van der Waals surface area contributed by atoms with Crippen LogP contribution >= 0.6 is 0 Å². The number of halogens is 1. The summed E-state index contributed by atoms with van der Waals surface area (Å²) in [5.41, 5.74) is 1.53. The van der Waals surface area contributed by atoms with Gasteiger partial charge in [0.25, 0.3) is 5.91 Å². The third-order valence-corrected chi connectivity index (χ3v) is 5.97. The number of carbonyl (C=O) groups is 2. The quantitative estimate of drug-likeness (QED) is 0.510. The van der Waals surface area contributed by atoms with Gasteiger partial charge in [-0.15, -0.1) is 0 Å². The minimum Gasteiger partial charge on any atom is -0.497 e. The van der Waals surface area contributed by atoms with Gasteiger partial charge in [0.05, 0.1) is 14.2 Å². The number of aromatic nitrogens is 2. The van der Waals surface area contributed by atoms with Crippen molar-refractivity contribution >= 4 is 11.8 Å². The van der Waals surface area contributed by atoms with E-state index in [-0.39, 0.29) is 36.3 Å². The van der Waals surface area contributed by atoms with Crippen molar-refractivity contribution in [1.82, 2.24) is 19.9 Å². The summed E-state index contributed by atoms with van der Waals surface area (Å²) in [6.45, 7) is 3.40. The number of ether oxygens (including phenoxy) is 2. The molecule has 3 aromatic rings. The number of aryl methyl sites for hydroxylation is 2. The van der Waals surface area contributed by atoms with E-state index in [2.05, 4.69) is 10.1 Å². The summed E-state index contributed by atoms with van der Waals surface area (Å²) in [5.74, 6) is 1.15. The molecule has 1 aliphatic heterocycles. The van der Waals surface area contributed by atoms with Gasteiger partial charge < -0.3 is 23.8 Å². The Morgan fingerprint density at radius 1 is 1.00 bits per heavy atom. The highest BCUT2D eigenvalue weighted by Gasteiger charge is 2.26. The number of nitrogens with zero attached hydrogens (tertiary/aromatic N) is 4. The standard InChI is InChI=1S/C25H27FN4O5/c1-16-4-5-17(14-21(16)26)24-27-22(35-28-24)6-7-23(31)29-8-10-30(11-9-29)25(32)18-12-19(33-2)15-20(13-18)34-3/h4-5,12-15H,6-11H2,1-3H3. The van der Waals surface area contributed by atoms with Crippen LogP contribution in [0.4, 0.5) is 4.39 Å². The van der Waals surface area contributed by atoms with Crippen molar-refractivity contribution in [2.24, 2.45) is 0 Å². The molecule has 0 saturated carbocycles. The van der Waals surface area contributed by atoms with E-state index in [0.29, 0.717) is 60.3 Å². The Hall–Kier alpha value is -3.95. The molecule has 10 heteroatoms. The number of carbonyl (C=O) groups excluding carboxylic acids is 2. The summed E-state index contributed by atoms with van der Waals surface area (Å²) in [6.07, 6.45) is 0.480. The number of rotatable bonds is 7. The van der Waals surface area contributed by atoms with Crippen molar-refractivity contribution in [2.45, 2.75) is 19.8 Å². The van der Waals surface area contributed by atoms with E-state index in [0.717, 1.165) is 0 Å². The number of methoxy groups -OCH3 is 2. The lowest BCUT2D eigenvalue weighted by atomic mass is 10.1. The van der Waals surface area contributed by atoms with Gasteiger partial charge in [0.2, 0.25) is 17.6 Å². The van der Waals surface area contributed by atoms with Gasteiger partial charge in [0, 0.05) is 56.2 Å². The van der Waals surface area contributed by atoms with Crippen LogP contribution in [-0.4, -0.2) is 72.2 Å². The first-order valence-electron chi connectivity index (χ1n) is 11.3. The van der Waals surface area contributed by atoms with E-state index in [1.807, 2.05) is 0 Å². The lowest BCUT2D eigenvalue weighted by Crippen LogP contribution is -2.50. The van der Waals surface area contributed by atoms with E-state index in [1.165, 1.54) is 20.3 Å². The molecule has 9 nitrogen and oxygen atoms in total. The van der Waals surface area contributed by atoms with Crippen LogP contribution in [0, 0.1) is 12.7 Å². The summed E-state index contributed by atoms with van der Waals surface area (Å²) < 4.78 is 29.5. The monoisotopic (exact) mass is 482 g/mol. The van der Waals surface area contributed by atoms with Crippen LogP contribution in [0.1, 0.15) is 28.2 Å². The number of benzene rings is 2. The topological polar surface area (TPSA) is 98.0 Å². The van der Waals surface area contributed by atoms with Gasteiger partial charge >= 0.3 is 0 Å². The van der Waals surface area contributed by atoms with Crippen LogP contribution in [-0.2, 0) is 11.2 Å². The maximum absolute atomic E-state index is 13.8.